The molecule has 0 aliphatic rings. The minimum atomic E-state index is 0.311. The second kappa shape index (κ2) is 7.63. The van der Waals surface area contributed by atoms with Gasteiger partial charge in [-0.3, -0.25) is 0 Å². The molecule has 2 aromatic rings. The molecule has 0 saturated heterocycles. The van der Waals surface area contributed by atoms with E-state index in [-0.39, 0.29) is 0 Å². The van der Waals surface area contributed by atoms with Gasteiger partial charge in [0.05, 0.1) is 0 Å². The molecule has 0 bridgehead atoms. The highest BCUT2D eigenvalue weighted by atomic mass is 35.5. The first-order valence-electron chi connectivity index (χ1n) is 7.65. The van der Waals surface area contributed by atoms with Crippen LogP contribution in [0.2, 0.25) is 5.02 Å². The van der Waals surface area contributed by atoms with Crippen LogP contribution in [-0.4, -0.2) is 6.54 Å². The lowest BCUT2D eigenvalue weighted by atomic mass is 9.94. The number of hydrogen-bond donors (Lipinski definition) is 1. The van der Waals surface area contributed by atoms with Crippen LogP contribution in [0.25, 0.3) is 0 Å². The summed E-state index contributed by atoms with van der Waals surface area (Å²) in [5.41, 5.74) is 5.22. The van der Waals surface area contributed by atoms with Crippen LogP contribution in [0.5, 0.6) is 0 Å². The minimum Gasteiger partial charge on any atom is -0.310 e. The van der Waals surface area contributed by atoms with E-state index in [2.05, 4.69) is 56.4 Å². The zero-order valence-corrected chi connectivity index (χ0v) is 13.9. The molecule has 21 heavy (non-hydrogen) atoms. The van der Waals surface area contributed by atoms with E-state index in [1.54, 1.807) is 0 Å². The second-order valence-corrected chi connectivity index (χ2v) is 6.07. The summed E-state index contributed by atoms with van der Waals surface area (Å²) in [5.74, 6) is 0. The average Bonchev–Trinajstić information content (AvgIpc) is 2.46. The van der Waals surface area contributed by atoms with E-state index in [0.717, 1.165) is 24.4 Å². The molecule has 0 heterocycles. The van der Waals surface area contributed by atoms with Crippen molar-refractivity contribution in [3.63, 3.8) is 0 Å². The van der Waals surface area contributed by atoms with Gasteiger partial charge in [-0.05, 0) is 56.0 Å². The van der Waals surface area contributed by atoms with Crippen LogP contribution in [-0.2, 0) is 6.42 Å². The van der Waals surface area contributed by atoms with Crippen LogP contribution in [0, 0.1) is 13.8 Å². The predicted octanol–water partition coefficient (Wildman–Crippen LogP) is 5.24. The maximum atomic E-state index is 6.33. The van der Waals surface area contributed by atoms with Crippen molar-refractivity contribution in [3.05, 3.63) is 69.7 Å². The Morgan fingerprint density at radius 2 is 1.86 bits per heavy atom. The minimum absolute atomic E-state index is 0.311. The van der Waals surface area contributed by atoms with Crippen molar-refractivity contribution in [1.29, 1.82) is 0 Å². The summed E-state index contributed by atoms with van der Waals surface area (Å²) in [6, 6.07) is 15.1. The average molecular weight is 302 g/mol. The summed E-state index contributed by atoms with van der Waals surface area (Å²) in [5, 5.41) is 4.52. The van der Waals surface area contributed by atoms with Crippen molar-refractivity contribution in [3.8, 4) is 0 Å². The highest BCUT2D eigenvalue weighted by molar-refractivity contribution is 6.31. The molecule has 0 radical (unpaired) electrons. The van der Waals surface area contributed by atoms with E-state index in [1.165, 1.54) is 22.3 Å². The molecule has 2 heteroatoms. The molecule has 0 fully saturated rings. The lowest BCUT2D eigenvalue weighted by Gasteiger charge is -2.22. The molecular weight excluding hydrogens is 278 g/mol. The molecule has 2 rings (SSSR count). The van der Waals surface area contributed by atoms with Crippen molar-refractivity contribution in [1.82, 2.24) is 5.32 Å². The molecule has 1 nitrogen and oxygen atoms in total. The van der Waals surface area contributed by atoms with Gasteiger partial charge >= 0.3 is 0 Å². The van der Waals surface area contributed by atoms with Gasteiger partial charge in [-0.1, -0.05) is 60.5 Å². The Bertz CT molecular complexity index is 592. The molecule has 1 N–H and O–H groups in total. The van der Waals surface area contributed by atoms with E-state index in [1.807, 2.05) is 12.1 Å². The fourth-order valence-corrected chi connectivity index (χ4v) is 2.92. The molecule has 0 spiro atoms. The second-order valence-electron chi connectivity index (χ2n) is 5.66. The summed E-state index contributed by atoms with van der Waals surface area (Å²) < 4.78 is 0. The fraction of sp³-hybridized carbons (Fsp3) is 0.368. The largest absolute Gasteiger partial charge is 0.310 e. The van der Waals surface area contributed by atoms with Crippen molar-refractivity contribution >= 4 is 11.6 Å². The number of rotatable bonds is 6. The number of aryl methyl sites for hydroxylation is 2. The lowest BCUT2D eigenvalue weighted by molar-refractivity contribution is 0.527. The maximum absolute atomic E-state index is 6.33. The van der Waals surface area contributed by atoms with Gasteiger partial charge in [-0.25, -0.2) is 0 Å². The van der Waals surface area contributed by atoms with Crippen molar-refractivity contribution in [2.45, 2.75) is 39.7 Å². The van der Waals surface area contributed by atoms with E-state index in [0.29, 0.717) is 6.04 Å². The highest BCUT2D eigenvalue weighted by Gasteiger charge is 2.15. The van der Waals surface area contributed by atoms with Gasteiger partial charge in [0.25, 0.3) is 0 Å². The van der Waals surface area contributed by atoms with Crippen LogP contribution < -0.4 is 5.32 Å². The van der Waals surface area contributed by atoms with Crippen LogP contribution in [0.15, 0.2) is 42.5 Å². The molecular formula is C19H24ClN. The SMILES string of the molecule is CCCNC(Cc1ccccc1Cl)c1ccc(C)cc1C. The molecule has 0 saturated carbocycles. The maximum Gasteiger partial charge on any atom is 0.0438 e. The van der Waals surface area contributed by atoms with E-state index in [9.17, 15) is 0 Å². The molecule has 0 aliphatic heterocycles. The predicted molar refractivity (Wildman–Crippen MR) is 92.1 cm³/mol. The quantitative estimate of drug-likeness (QED) is 0.769. The van der Waals surface area contributed by atoms with Gasteiger partial charge in [-0.2, -0.15) is 0 Å². The summed E-state index contributed by atoms with van der Waals surface area (Å²) in [4.78, 5) is 0. The molecule has 2 aromatic carbocycles. The monoisotopic (exact) mass is 301 g/mol. The number of benzene rings is 2. The van der Waals surface area contributed by atoms with E-state index < -0.39 is 0 Å². The Morgan fingerprint density at radius 1 is 1.10 bits per heavy atom. The van der Waals surface area contributed by atoms with Gasteiger partial charge in [0, 0.05) is 11.1 Å². The summed E-state index contributed by atoms with van der Waals surface area (Å²) in [7, 11) is 0. The van der Waals surface area contributed by atoms with E-state index >= 15 is 0 Å². The number of halogens is 1. The molecule has 1 unspecified atom stereocenters. The zero-order valence-electron chi connectivity index (χ0n) is 13.1. The zero-order chi connectivity index (χ0) is 15.2. The Balaban J connectivity index is 2.27. The van der Waals surface area contributed by atoms with Crippen LogP contribution in [0.1, 0.15) is 41.6 Å². The summed E-state index contributed by atoms with van der Waals surface area (Å²) in [6.45, 7) is 7.54. The summed E-state index contributed by atoms with van der Waals surface area (Å²) in [6.07, 6.45) is 2.05. The lowest BCUT2D eigenvalue weighted by Crippen LogP contribution is -2.25. The third-order valence-corrected chi connectivity index (χ3v) is 4.19. The van der Waals surface area contributed by atoms with E-state index in [4.69, 9.17) is 11.6 Å². The third-order valence-electron chi connectivity index (χ3n) is 3.82. The Morgan fingerprint density at radius 3 is 2.52 bits per heavy atom. The van der Waals surface area contributed by atoms with Gasteiger partial charge < -0.3 is 5.32 Å². The summed E-state index contributed by atoms with van der Waals surface area (Å²) >= 11 is 6.33. The van der Waals surface area contributed by atoms with Gasteiger partial charge in [0.1, 0.15) is 0 Å². The number of nitrogens with one attached hydrogen (secondary N) is 1. The highest BCUT2D eigenvalue weighted by Crippen LogP contribution is 2.26. The topological polar surface area (TPSA) is 12.0 Å². The Labute approximate surface area is 133 Å². The molecule has 0 aromatic heterocycles. The molecule has 0 amide bonds. The van der Waals surface area contributed by atoms with Crippen LogP contribution >= 0.6 is 11.6 Å². The third kappa shape index (κ3) is 4.33. The van der Waals surface area contributed by atoms with Crippen molar-refractivity contribution in [2.75, 3.05) is 6.54 Å². The van der Waals surface area contributed by atoms with Crippen molar-refractivity contribution in [2.24, 2.45) is 0 Å². The number of hydrogen-bond acceptors (Lipinski definition) is 1. The first-order chi connectivity index (χ1) is 10.1. The normalized spacial score (nSPS) is 12.4. The smallest absolute Gasteiger partial charge is 0.0438 e. The first kappa shape index (κ1) is 16.1. The van der Waals surface area contributed by atoms with Gasteiger partial charge in [0.15, 0.2) is 0 Å². The van der Waals surface area contributed by atoms with Crippen LogP contribution in [0.3, 0.4) is 0 Å². The molecule has 1 atom stereocenters. The molecule has 0 aliphatic carbocycles. The Hall–Kier alpha value is -1.31. The van der Waals surface area contributed by atoms with Gasteiger partial charge in [-0.15, -0.1) is 0 Å². The fourth-order valence-electron chi connectivity index (χ4n) is 2.71. The standard InChI is InChI=1S/C19H24ClN/c1-4-11-21-19(13-16-7-5-6-8-18(16)20)17-10-9-14(2)12-15(17)3/h5-10,12,19,21H,4,11,13H2,1-3H3. The Kier molecular flexibility index (Phi) is 5.84. The molecule has 112 valence electrons. The van der Waals surface area contributed by atoms with Crippen LogP contribution in [0.4, 0.5) is 0 Å². The van der Waals surface area contributed by atoms with Gasteiger partial charge in [0.2, 0.25) is 0 Å². The first-order valence-corrected chi connectivity index (χ1v) is 8.03. The van der Waals surface area contributed by atoms with Crippen molar-refractivity contribution < 1.29 is 0 Å².